The van der Waals surface area contributed by atoms with E-state index in [0.717, 1.165) is 6.08 Å². The van der Waals surface area contributed by atoms with E-state index in [0.29, 0.717) is 0 Å². The van der Waals surface area contributed by atoms with E-state index in [1.54, 1.807) is 13.8 Å². The van der Waals surface area contributed by atoms with Crippen molar-refractivity contribution in [3.05, 3.63) is 12.2 Å². The zero-order chi connectivity index (χ0) is 25.0. The molecule has 0 saturated carbocycles. The monoisotopic (exact) mass is 470 g/mol. The first-order chi connectivity index (χ1) is 12.8. The summed E-state index contributed by atoms with van der Waals surface area (Å²) >= 11 is 0. The number of hydrogen-bond acceptors (Lipinski definition) is 0. The highest BCUT2D eigenvalue weighted by molar-refractivity contribution is 5.06. The molecule has 0 aromatic rings. The molecule has 0 radical (unpaired) electrons. The van der Waals surface area contributed by atoms with E-state index in [9.17, 15) is 52.7 Å². The second kappa shape index (κ2) is 10.0. The van der Waals surface area contributed by atoms with Crippen molar-refractivity contribution in [1.82, 2.24) is 0 Å². The molecular formula is C18H26F12. The average molecular weight is 470 g/mol. The Kier molecular flexibility index (Phi) is 10.4. The standard InChI is InChI=1S/C9H14F6.C9H12F6/c2*1-6(2)4-5-7(3,8(10,11)12)9(13,14)15/h6H,4-5H2,1-3H3;4-6H,1-3H3/b;5-4+. The summed E-state index contributed by atoms with van der Waals surface area (Å²) in [6.07, 6.45) is -21.1. The van der Waals surface area contributed by atoms with Gasteiger partial charge in [0.2, 0.25) is 0 Å². The lowest BCUT2D eigenvalue weighted by atomic mass is 9.82. The molecule has 0 spiro atoms. The summed E-state index contributed by atoms with van der Waals surface area (Å²) in [5.74, 6) is -0.553. The summed E-state index contributed by atoms with van der Waals surface area (Å²) in [5, 5.41) is 0. The Hall–Kier alpha value is -1.10. The Bertz CT molecular complexity index is 501. The maximum absolute atomic E-state index is 12.3. The minimum atomic E-state index is -5.34. The van der Waals surface area contributed by atoms with Crippen LogP contribution in [0.15, 0.2) is 12.2 Å². The first kappa shape index (κ1) is 31.1. The van der Waals surface area contributed by atoms with Gasteiger partial charge in [-0.3, -0.25) is 0 Å². The Labute approximate surface area is 167 Å². The quantitative estimate of drug-likeness (QED) is 0.278. The van der Waals surface area contributed by atoms with Gasteiger partial charge in [0.1, 0.15) is 0 Å². The summed E-state index contributed by atoms with van der Waals surface area (Å²) < 4.78 is 148. The summed E-state index contributed by atoms with van der Waals surface area (Å²) in [5.41, 5.74) is -7.37. The molecule has 0 amide bonds. The van der Waals surface area contributed by atoms with Gasteiger partial charge in [-0.25, -0.2) is 0 Å². The molecule has 0 unspecified atom stereocenters. The van der Waals surface area contributed by atoms with Crippen molar-refractivity contribution in [2.75, 3.05) is 0 Å². The van der Waals surface area contributed by atoms with Crippen molar-refractivity contribution in [2.45, 2.75) is 79.1 Å². The van der Waals surface area contributed by atoms with Crippen LogP contribution >= 0.6 is 0 Å². The van der Waals surface area contributed by atoms with Crippen molar-refractivity contribution in [1.29, 1.82) is 0 Å². The van der Waals surface area contributed by atoms with Gasteiger partial charge in [0.15, 0.2) is 10.8 Å². The third-order valence-corrected chi connectivity index (χ3v) is 4.47. The number of allylic oxidation sites excluding steroid dienone is 2. The lowest BCUT2D eigenvalue weighted by Gasteiger charge is -2.34. The molecular weight excluding hydrogens is 444 g/mol. The van der Waals surface area contributed by atoms with Gasteiger partial charge < -0.3 is 0 Å². The maximum atomic E-state index is 12.3. The van der Waals surface area contributed by atoms with Crippen molar-refractivity contribution in [2.24, 2.45) is 22.7 Å². The van der Waals surface area contributed by atoms with E-state index in [1.807, 2.05) is 0 Å². The van der Waals surface area contributed by atoms with Crippen LogP contribution in [-0.4, -0.2) is 24.7 Å². The zero-order valence-corrected chi connectivity index (χ0v) is 17.3. The number of halogens is 12. The Morgan fingerprint density at radius 3 is 1.13 bits per heavy atom. The molecule has 0 aromatic heterocycles. The molecule has 0 saturated heterocycles. The topological polar surface area (TPSA) is 0 Å². The highest BCUT2D eigenvalue weighted by Crippen LogP contribution is 2.53. The number of rotatable bonds is 5. The van der Waals surface area contributed by atoms with Crippen LogP contribution in [0.2, 0.25) is 0 Å². The molecule has 0 bridgehead atoms. The van der Waals surface area contributed by atoms with Crippen molar-refractivity contribution in [3.63, 3.8) is 0 Å². The largest absolute Gasteiger partial charge is 0.406 e. The van der Waals surface area contributed by atoms with E-state index in [2.05, 4.69) is 0 Å². The van der Waals surface area contributed by atoms with Crippen LogP contribution in [0.1, 0.15) is 54.4 Å². The second-order valence-electron chi connectivity index (χ2n) is 8.06. The van der Waals surface area contributed by atoms with Crippen LogP contribution < -0.4 is 0 Å². The van der Waals surface area contributed by atoms with Crippen molar-refractivity contribution >= 4 is 0 Å². The Balaban J connectivity index is 0. The number of alkyl halides is 12. The smallest absolute Gasteiger partial charge is 0.170 e. The molecule has 0 fully saturated rings. The van der Waals surface area contributed by atoms with E-state index < -0.39 is 42.0 Å². The predicted octanol–water partition coefficient (Wildman–Crippen LogP) is 8.88. The summed E-state index contributed by atoms with van der Waals surface area (Å²) in [7, 11) is 0. The first-order valence-corrected chi connectivity index (χ1v) is 8.79. The van der Waals surface area contributed by atoms with Gasteiger partial charge in [-0.15, -0.1) is 0 Å². The Morgan fingerprint density at radius 1 is 0.600 bits per heavy atom. The molecule has 0 aliphatic carbocycles. The molecule has 0 rings (SSSR count). The summed E-state index contributed by atoms with van der Waals surface area (Å²) in [6, 6.07) is 0. The zero-order valence-electron chi connectivity index (χ0n) is 17.3. The van der Waals surface area contributed by atoms with Crippen LogP contribution in [0.3, 0.4) is 0 Å². The molecule has 182 valence electrons. The normalized spacial score (nSPS) is 15.1. The van der Waals surface area contributed by atoms with E-state index >= 15 is 0 Å². The van der Waals surface area contributed by atoms with Crippen LogP contribution in [0.4, 0.5) is 52.7 Å². The molecule has 0 atom stereocenters. The van der Waals surface area contributed by atoms with Gasteiger partial charge in [0, 0.05) is 0 Å². The van der Waals surface area contributed by atoms with E-state index in [-0.39, 0.29) is 38.2 Å². The van der Waals surface area contributed by atoms with Gasteiger partial charge in [-0.05, 0) is 38.5 Å². The van der Waals surface area contributed by atoms with Crippen LogP contribution in [0, 0.1) is 22.7 Å². The average Bonchev–Trinajstić information content (AvgIpc) is 2.46. The summed E-state index contributed by atoms with van der Waals surface area (Å²) in [4.78, 5) is 0. The predicted molar refractivity (Wildman–Crippen MR) is 88.5 cm³/mol. The third kappa shape index (κ3) is 8.20. The fourth-order valence-corrected chi connectivity index (χ4v) is 1.76. The van der Waals surface area contributed by atoms with E-state index in [4.69, 9.17) is 0 Å². The minimum absolute atomic E-state index is 0.102. The molecule has 0 aliphatic heterocycles. The lowest BCUT2D eigenvalue weighted by Crippen LogP contribution is -2.47. The van der Waals surface area contributed by atoms with Crippen molar-refractivity contribution < 1.29 is 52.7 Å². The summed E-state index contributed by atoms with van der Waals surface area (Å²) in [6.45, 7) is 6.54. The van der Waals surface area contributed by atoms with Gasteiger partial charge in [0.05, 0.1) is 0 Å². The van der Waals surface area contributed by atoms with E-state index in [1.165, 1.54) is 13.8 Å². The molecule has 0 N–H and O–H groups in total. The lowest BCUT2D eigenvalue weighted by molar-refractivity contribution is -0.337. The molecule has 30 heavy (non-hydrogen) atoms. The van der Waals surface area contributed by atoms with Gasteiger partial charge in [-0.2, -0.15) is 52.7 Å². The molecule has 0 nitrogen and oxygen atoms in total. The molecule has 12 heteroatoms. The van der Waals surface area contributed by atoms with Gasteiger partial charge in [0.25, 0.3) is 0 Å². The van der Waals surface area contributed by atoms with Crippen LogP contribution in [0.25, 0.3) is 0 Å². The SMILES string of the molecule is CC(C)/C=C/C(C)(C(F)(F)F)C(F)(F)F.CC(C)CCC(C)(C(F)(F)F)C(F)(F)F. The highest BCUT2D eigenvalue weighted by Gasteiger charge is 2.67. The fraction of sp³-hybridized carbons (Fsp3) is 0.889. The molecule has 0 heterocycles. The van der Waals surface area contributed by atoms with Gasteiger partial charge in [-0.1, -0.05) is 39.8 Å². The minimum Gasteiger partial charge on any atom is -0.170 e. The first-order valence-electron chi connectivity index (χ1n) is 8.79. The number of hydrogen-bond donors (Lipinski definition) is 0. The highest BCUT2D eigenvalue weighted by atomic mass is 19.4. The molecule has 0 aromatic carbocycles. The molecule has 0 aliphatic rings. The Morgan fingerprint density at radius 2 is 0.933 bits per heavy atom. The van der Waals surface area contributed by atoms with Crippen LogP contribution in [0.5, 0.6) is 0 Å². The van der Waals surface area contributed by atoms with Crippen LogP contribution in [-0.2, 0) is 0 Å². The van der Waals surface area contributed by atoms with Gasteiger partial charge >= 0.3 is 24.7 Å². The van der Waals surface area contributed by atoms with Crippen molar-refractivity contribution in [3.8, 4) is 0 Å². The fourth-order valence-electron chi connectivity index (χ4n) is 1.76. The maximum Gasteiger partial charge on any atom is 0.406 e. The second-order valence-corrected chi connectivity index (χ2v) is 8.06. The third-order valence-electron chi connectivity index (χ3n) is 4.47.